The van der Waals surface area contributed by atoms with Gasteiger partial charge in [0.25, 0.3) is 5.91 Å². The molecule has 0 spiro atoms. The second kappa shape index (κ2) is 7.83. The highest BCUT2D eigenvalue weighted by Crippen LogP contribution is 2.24. The average Bonchev–Trinajstić information content (AvgIpc) is 2.54. The smallest absolute Gasteiger partial charge is 0.260 e. The highest BCUT2D eigenvalue weighted by Gasteiger charge is 2.14. The van der Waals surface area contributed by atoms with Crippen LogP contribution in [0.5, 0.6) is 11.5 Å². The summed E-state index contributed by atoms with van der Waals surface area (Å²) >= 11 is 5.97. The zero-order valence-corrected chi connectivity index (χ0v) is 13.6. The monoisotopic (exact) mass is 337 g/mol. The predicted molar refractivity (Wildman–Crippen MR) is 86.4 cm³/mol. The van der Waals surface area contributed by atoms with Crippen LogP contribution in [0.4, 0.5) is 4.39 Å². The minimum Gasteiger partial charge on any atom is -0.496 e. The third-order valence-electron chi connectivity index (χ3n) is 3.26. The van der Waals surface area contributed by atoms with Crippen molar-refractivity contribution in [3.05, 3.63) is 58.9 Å². The van der Waals surface area contributed by atoms with E-state index >= 15 is 0 Å². The quantitative estimate of drug-likeness (QED) is 0.809. The van der Waals surface area contributed by atoms with Gasteiger partial charge in [-0.2, -0.15) is 0 Å². The first-order chi connectivity index (χ1) is 11.0. The molecule has 0 heterocycles. The number of amides is 1. The van der Waals surface area contributed by atoms with Crippen molar-refractivity contribution in [2.45, 2.75) is 6.54 Å². The molecule has 6 heteroatoms. The highest BCUT2D eigenvalue weighted by molar-refractivity contribution is 6.30. The van der Waals surface area contributed by atoms with Crippen LogP contribution in [-0.4, -0.2) is 31.6 Å². The van der Waals surface area contributed by atoms with Crippen LogP contribution < -0.4 is 9.47 Å². The summed E-state index contributed by atoms with van der Waals surface area (Å²) < 4.78 is 23.9. The van der Waals surface area contributed by atoms with Gasteiger partial charge in [0.2, 0.25) is 0 Å². The van der Waals surface area contributed by atoms with Crippen LogP contribution in [0.1, 0.15) is 5.56 Å². The molecular weight excluding hydrogens is 321 g/mol. The number of nitrogens with zero attached hydrogens (tertiary/aromatic N) is 1. The fourth-order valence-corrected chi connectivity index (χ4v) is 2.22. The molecule has 0 N–H and O–H groups in total. The SMILES string of the molecule is COc1ccc(Cl)cc1CN(C)C(=O)COc1ccccc1F. The molecule has 2 rings (SSSR count). The minimum atomic E-state index is -0.500. The number of para-hydroxylation sites is 1. The van der Waals surface area contributed by atoms with E-state index in [0.29, 0.717) is 17.3 Å². The van der Waals surface area contributed by atoms with Crippen molar-refractivity contribution in [3.63, 3.8) is 0 Å². The fourth-order valence-electron chi connectivity index (χ4n) is 2.03. The third-order valence-corrected chi connectivity index (χ3v) is 3.50. The maximum absolute atomic E-state index is 13.5. The number of rotatable bonds is 6. The first-order valence-corrected chi connectivity index (χ1v) is 7.32. The molecule has 2 aromatic carbocycles. The van der Waals surface area contributed by atoms with Crippen molar-refractivity contribution >= 4 is 17.5 Å². The van der Waals surface area contributed by atoms with Gasteiger partial charge < -0.3 is 14.4 Å². The van der Waals surface area contributed by atoms with Gasteiger partial charge in [-0.05, 0) is 30.3 Å². The lowest BCUT2D eigenvalue weighted by Gasteiger charge is -2.19. The first kappa shape index (κ1) is 17.1. The maximum atomic E-state index is 13.5. The summed E-state index contributed by atoms with van der Waals surface area (Å²) in [6, 6.07) is 11.1. The van der Waals surface area contributed by atoms with Crippen molar-refractivity contribution in [2.24, 2.45) is 0 Å². The number of methoxy groups -OCH3 is 1. The van der Waals surface area contributed by atoms with Crippen LogP contribution in [0.2, 0.25) is 5.02 Å². The van der Waals surface area contributed by atoms with E-state index in [1.54, 1.807) is 44.5 Å². The lowest BCUT2D eigenvalue weighted by Crippen LogP contribution is -2.31. The standard InChI is InChI=1S/C17H17ClFNO3/c1-20(10-12-9-13(18)7-8-15(12)22-2)17(21)11-23-16-6-4-3-5-14(16)19/h3-9H,10-11H2,1-2H3. The number of benzene rings is 2. The Morgan fingerprint density at radius 1 is 1.22 bits per heavy atom. The van der Waals surface area contributed by atoms with E-state index in [0.717, 1.165) is 5.56 Å². The highest BCUT2D eigenvalue weighted by atomic mass is 35.5. The van der Waals surface area contributed by atoms with Gasteiger partial charge in [-0.3, -0.25) is 4.79 Å². The lowest BCUT2D eigenvalue weighted by atomic mass is 10.2. The van der Waals surface area contributed by atoms with E-state index in [1.807, 2.05) is 0 Å². The molecule has 2 aromatic rings. The molecule has 4 nitrogen and oxygen atoms in total. The number of halogens is 2. The van der Waals surface area contributed by atoms with Crippen molar-refractivity contribution in [3.8, 4) is 11.5 Å². The van der Waals surface area contributed by atoms with Crippen molar-refractivity contribution in [1.82, 2.24) is 4.90 Å². The molecule has 1 amide bonds. The molecule has 122 valence electrons. The van der Waals surface area contributed by atoms with E-state index in [-0.39, 0.29) is 18.3 Å². The first-order valence-electron chi connectivity index (χ1n) is 6.95. The molecule has 0 fully saturated rings. The van der Waals surface area contributed by atoms with Gasteiger partial charge in [0.1, 0.15) is 5.75 Å². The Kier molecular flexibility index (Phi) is 5.82. The van der Waals surface area contributed by atoms with Gasteiger partial charge in [0.05, 0.1) is 7.11 Å². The molecule has 0 saturated heterocycles. The predicted octanol–water partition coefficient (Wildman–Crippen LogP) is 3.53. The van der Waals surface area contributed by atoms with Gasteiger partial charge in [0, 0.05) is 24.2 Å². The maximum Gasteiger partial charge on any atom is 0.260 e. The number of carbonyl (C=O) groups is 1. The molecule has 0 aliphatic rings. The van der Waals surface area contributed by atoms with Crippen molar-refractivity contribution in [1.29, 1.82) is 0 Å². The summed E-state index contributed by atoms with van der Waals surface area (Å²) in [4.78, 5) is 13.6. The van der Waals surface area contributed by atoms with Crippen LogP contribution in [0.25, 0.3) is 0 Å². The van der Waals surface area contributed by atoms with Gasteiger partial charge in [0.15, 0.2) is 18.2 Å². The summed E-state index contributed by atoms with van der Waals surface area (Å²) in [5.41, 5.74) is 0.779. The van der Waals surface area contributed by atoms with E-state index in [4.69, 9.17) is 21.1 Å². The van der Waals surface area contributed by atoms with Crippen LogP contribution in [0.3, 0.4) is 0 Å². The summed E-state index contributed by atoms with van der Waals surface area (Å²) in [6.45, 7) is 0.0590. The van der Waals surface area contributed by atoms with E-state index in [2.05, 4.69) is 0 Å². The molecule has 0 radical (unpaired) electrons. The Labute approximate surface area is 139 Å². The Morgan fingerprint density at radius 2 is 1.96 bits per heavy atom. The number of carbonyl (C=O) groups excluding carboxylic acids is 1. The van der Waals surface area contributed by atoms with Crippen molar-refractivity contribution in [2.75, 3.05) is 20.8 Å². The Balaban J connectivity index is 1.98. The molecule has 0 aliphatic heterocycles. The second-order valence-corrected chi connectivity index (χ2v) is 5.36. The molecular formula is C17H17ClFNO3. The number of ether oxygens (including phenoxy) is 2. The van der Waals surface area contributed by atoms with Crippen LogP contribution in [-0.2, 0) is 11.3 Å². The number of hydrogen-bond donors (Lipinski definition) is 0. The summed E-state index contributed by atoms with van der Waals surface area (Å²) in [6.07, 6.45) is 0. The van der Waals surface area contributed by atoms with E-state index in [1.165, 1.54) is 17.0 Å². The van der Waals surface area contributed by atoms with Gasteiger partial charge >= 0.3 is 0 Å². The minimum absolute atomic E-state index is 0.0505. The molecule has 0 unspecified atom stereocenters. The van der Waals surface area contributed by atoms with Crippen molar-refractivity contribution < 1.29 is 18.7 Å². The summed E-state index contributed by atoms with van der Waals surface area (Å²) in [5.74, 6) is -0.0894. The zero-order valence-electron chi connectivity index (χ0n) is 12.9. The molecule has 0 aliphatic carbocycles. The zero-order chi connectivity index (χ0) is 16.8. The number of likely N-dealkylation sites (N-methyl/N-ethyl adjacent to an activating group) is 1. The number of hydrogen-bond acceptors (Lipinski definition) is 3. The van der Waals surface area contributed by atoms with Crippen LogP contribution in [0, 0.1) is 5.82 Å². The summed E-state index contributed by atoms with van der Waals surface area (Å²) in [5, 5.41) is 0.559. The van der Waals surface area contributed by atoms with Gasteiger partial charge in [-0.25, -0.2) is 4.39 Å². The van der Waals surface area contributed by atoms with Gasteiger partial charge in [-0.15, -0.1) is 0 Å². The topological polar surface area (TPSA) is 38.8 Å². The van der Waals surface area contributed by atoms with Crippen LogP contribution in [0.15, 0.2) is 42.5 Å². The molecule has 0 bridgehead atoms. The van der Waals surface area contributed by atoms with Crippen LogP contribution >= 0.6 is 11.6 Å². The molecule has 0 saturated carbocycles. The summed E-state index contributed by atoms with van der Waals surface area (Å²) in [7, 11) is 3.18. The van der Waals surface area contributed by atoms with E-state index in [9.17, 15) is 9.18 Å². The largest absolute Gasteiger partial charge is 0.496 e. The molecule has 0 aromatic heterocycles. The second-order valence-electron chi connectivity index (χ2n) is 4.93. The Bertz CT molecular complexity index is 693. The third kappa shape index (κ3) is 4.60. The van der Waals surface area contributed by atoms with Gasteiger partial charge in [-0.1, -0.05) is 23.7 Å². The fraction of sp³-hybridized carbons (Fsp3) is 0.235. The molecule has 23 heavy (non-hydrogen) atoms. The average molecular weight is 338 g/mol. The lowest BCUT2D eigenvalue weighted by molar-refractivity contribution is -0.132. The Morgan fingerprint density at radius 3 is 2.65 bits per heavy atom. The van der Waals surface area contributed by atoms with E-state index < -0.39 is 5.82 Å². The Hall–Kier alpha value is -2.27. The normalized spacial score (nSPS) is 10.3. The molecule has 0 atom stereocenters.